The number of halogens is 1. The molecule has 44 heavy (non-hydrogen) atoms. The summed E-state index contributed by atoms with van der Waals surface area (Å²) in [6.07, 6.45) is 6.04. The Hall–Kier alpha value is -4.83. The summed E-state index contributed by atoms with van der Waals surface area (Å²) in [5.74, 6) is 0.339. The molecule has 0 radical (unpaired) electrons. The summed E-state index contributed by atoms with van der Waals surface area (Å²) in [6.45, 7) is 0.161. The van der Waals surface area contributed by atoms with Gasteiger partial charge in [-0.05, 0) is 36.6 Å². The number of anilines is 3. The molecule has 17 heteroatoms. The normalized spacial score (nSPS) is 14.2. The van der Waals surface area contributed by atoms with Gasteiger partial charge in [0.25, 0.3) is 11.0 Å². The van der Waals surface area contributed by atoms with Crippen LogP contribution in [0.15, 0.2) is 42.9 Å². The van der Waals surface area contributed by atoms with Gasteiger partial charge in [0.2, 0.25) is 11.9 Å². The Labute approximate surface area is 257 Å². The molecule has 1 saturated heterocycles. The lowest BCUT2D eigenvalue weighted by molar-refractivity contribution is -0.758. The molecule has 4 rings (SSSR count). The Morgan fingerprint density at radius 2 is 2.02 bits per heavy atom. The summed E-state index contributed by atoms with van der Waals surface area (Å²) in [5.41, 5.74) is 1.02. The average molecular weight is 631 g/mol. The third kappa shape index (κ3) is 8.61. The van der Waals surface area contributed by atoms with Crippen molar-refractivity contribution in [1.29, 1.82) is 0 Å². The van der Waals surface area contributed by atoms with E-state index < -0.39 is 17.0 Å². The van der Waals surface area contributed by atoms with Gasteiger partial charge in [0, 0.05) is 38.7 Å². The third-order valence-electron chi connectivity index (χ3n) is 6.55. The van der Waals surface area contributed by atoms with Gasteiger partial charge in [0.05, 0.1) is 24.8 Å². The lowest BCUT2D eigenvalue weighted by Gasteiger charge is -2.25. The largest absolute Gasteiger partial charge is 0.495 e. The number of esters is 1. The molecule has 2 aromatic heterocycles. The van der Waals surface area contributed by atoms with Crippen LogP contribution in [0.25, 0.3) is 0 Å². The molecule has 1 aliphatic rings. The molecule has 0 saturated carbocycles. The van der Waals surface area contributed by atoms with Crippen molar-refractivity contribution in [1.82, 2.24) is 19.9 Å². The summed E-state index contributed by atoms with van der Waals surface area (Å²) in [4.78, 5) is 60.7. The second-order valence-electron chi connectivity index (χ2n) is 9.45. The van der Waals surface area contributed by atoms with Gasteiger partial charge in [0.1, 0.15) is 37.0 Å². The maximum atomic E-state index is 13.5. The lowest BCUT2D eigenvalue weighted by atomic mass is 10.2. The first-order valence-electron chi connectivity index (χ1n) is 13.5. The van der Waals surface area contributed by atoms with Crippen molar-refractivity contribution in [2.24, 2.45) is 0 Å². The second-order valence-corrected chi connectivity index (χ2v) is 9.86. The number of nitrogens with zero attached hydrogens (tertiary/aromatic N) is 7. The first-order chi connectivity index (χ1) is 21.3. The molecule has 1 amide bonds. The minimum Gasteiger partial charge on any atom is -0.495 e. The van der Waals surface area contributed by atoms with Gasteiger partial charge in [-0.2, -0.15) is 4.98 Å². The Morgan fingerprint density at radius 3 is 2.75 bits per heavy atom. The van der Waals surface area contributed by atoms with E-state index in [4.69, 9.17) is 30.8 Å². The molecule has 1 fully saturated rings. The van der Waals surface area contributed by atoms with E-state index in [1.165, 1.54) is 30.6 Å². The minimum absolute atomic E-state index is 0.0544. The van der Waals surface area contributed by atoms with E-state index in [9.17, 15) is 19.7 Å². The van der Waals surface area contributed by atoms with E-state index in [0.717, 1.165) is 18.4 Å². The summed E-state index contributed by atoms with van der Waals surface area (Å²) >= 11 is 6.30. The third-order valence-corrected chi connectivity index (χ3v) is 6.85. The minimum atomic E-state index is -0.938. The van der Waals surface area contributed by atoms with Crippen LogP contribution >= 0.6 is 11.6 Å². The Morgan fingerprint density at radius 1 is 1.23 bits per heavy atom. The zero-order chi connectivity index (χ0) is 31.5. The zero-order valence-corrected chi connectivity index (χ0v) is 24.8. The van der Waals surface area contributed by atoms with Crippen molar-refractivity contribution < 1.29 is 33.7 Å². The number of aromatic nitrogens is 4. The highest BCUT2D eigenvalue weighted by molar-refractivity contribution is 6.32. The van der Waals surface area contributed by atoms with Crippen LogP contribution in [0.5, 0.6) is 5.75 Å². The van der Waals surface area contributed by atoms with Crippen LogP contribution in [0.2, 0.25) is 5.02 Å². The number of hydrogen-bond donors (Lipinski definition) is 1. The number of hydrogen-bond acceptors (Lipinski definition) is 14. The fourth-order valence-electron chi connectivity index (χ4n) is 4.37. The van der Waals surface area contributed by atoms with E-state index >= 15 is 0 Å². The van der Waals surface area contributed by atoms with Crippen LogP contribution in [0.1, 0.15) is 28.8 Å². The number of amides is 1. The molecule has 3 heterocycles. The highest BCUT2D eigenvalue weighted by Crippen LogP contribution is 2.28. The average Bonchev–Trinajstić information content (AvgIpc) is 3.51. The standard InChI is InChI=1S/C27H31ClN8O8/c1-34(26-29-8-4-9-30-26)25(38)20-15-32-27(33-24(20)31-14-18-6-7-22(41-2)21(28)13-18)35-10-3-5-19(35)16-43-23(37)17-42-11-12-44-36(39)40/h4,6-9,13,15,19H,3,5,10-12,14,16-17H2,1-2H3,(H,31,32,33). The SMILES string of the molecule is COc1ccc(CNc2nc(N3CCCC3COC(=O)COCCO[N+](=O)[O-])ncc2C(=O)N(C)c2ncccn2)cc1Cl. The van der Waals surface area contributed by atoms with Crippen LogP contribution in [0.3, 0.4) is 0 Å². The van der Waals surface area contributed by atoms with Crippen molar-refractivity contribution in [3.63, 3.8) is 0 Å². The van der Waals surface area contributed by atoms with Crippen LogP contribution in [-0.2, 0) is 25.7 Å². The summed E-state index contributed by atoms with van der Waals surface area (Å²) in [7, 11) is 3.09. The van der Waals surface area contributed by atoms with E-state index in [0.29, 0.717) is 29.8 Å². The predicted octanol–water partition coefficient (Wildman–Crippen LogP) is 2.55. The number of carbonyl (C=O) groups excluding carboxylic acids is 2. The number of ether oxygens (including phenoxy) is 3. The summed E-state index contributed by atoms with van der Waals surface area (Å²) in [6, 6.07) is 6.78. The highest BCUT2D eigenvalue weighted by atomic mass is 35.5. The van der Waals surface area contributed by atoms with E-state index in [-0.39, 0.29) is 49.8 Å². The number of benzene rings is 1. The monoisotopic (exact) mass is 630 g/mol. The van der Waals surface area contributed by atoms with Gasteiger partial charge in [-0.25, -0.2) is 19.7 Å². The summed E-state index contributed by atoms with van der Waals surface area (Å²) < 4.78 is 15.6. The molecule has 0 spiro atoms. The molecule has 1 unspecified atom stereocenters. The first kappa shape index (κ1) is 32.1. The van der Waals surface area contributed by atoms with Crippen molar-refractivity contribution in [2.75, 3.05) is 62.2 Å². The smallest absolute Gasteiger partial charge is 0.332 e. The predicted molar refractivity (Wildman–Crippen MR) is 157 cm³/mol. The quantitative estimate of drug-likeness (QED) is 0.112. The van der Waals surface area contributed by atoms with Crippen LogP contribution in [0, 0.1) is 10.1 Å². The van der Waals surface area contributed by atoms with Crippen molar-refractivity contribution in [2.45, 2.75) is 25.4 Å². The Kier molecular flexibility index (Phi) is 11.4. The number of methoxy groups -OCH3 is 1. The van der Waals surface area contributed by atoms with Gasteiger partial charge in [-0.15, -0.1) is 10.1 Å². The molecule has 1 aromatic carbocycles. The highest BCUT2D eigenvalue weighted by Gasteiger charge is 2.30. The van der Waals surface area contributed by atoms with Crippen molar-refractivity contribution >= 4 is 41.2 Å². The molecule has 3 aromatic rings. The Balaban J connectivity index is 1.48. The number of nitrogens with one attached hydrogen (secondary N) is 1. The Bertz CT molecular complexity index is 1450. The van der Waals surface area contributed by atoms with E-state index in [1.807, 2.05) is 11.0 Å². The molecule has 234 valence electrons. The van der Waals surface area contributed by atoms with Crippen LogP contribution in [-0.4, -0.2) is 90.1 Å². The molecule has 1 atom stereocenters. The fraction of sp³-hybridized carbons (Fsp3) is 0.407. The molecule has 0 aliphatic carbocycles. The van der Waals surface area contributed by atoms with Crippen LogP contribution in [0.4, 0.5) is 17.7 Å². The van der Waals surface area contributed by atoms with Gasteiger partial charge in [-0.1, -0.05) is 17.7 Å². The van der Waals surface area contributed by atoms with Gasteiger partial charge in [-0.3, -0.25) is 9.69 Å². The molecule has 16 nitrogen and oxygen atoms in total. The molecule has 1 N–H and O–H groups in total. The maximum Gasteiger partial charge on any atom is 0.332 e. The van der Waals surface area contributed by atoms with Gasteiger partial charge < -0.3 is 29.3 Å². The maximum absolute atomic E-state index is 13.5. The van der Waals surface area contributed by atoms with Gasteiger partial charge in [0.15, 0.2) is 0 Å². The van der Waals surface area contributed by atoms with E-state index in [1.54, 1.807) is 25.2 Å². The van der Waals surface area contributed by atoms with Gasteiger partial charge >= 0.3 is 5.97 Å². The van der Waals surface area contributed by atoms with Crippen molar-refractivity contribution in [3.8, 4) is 5.75 Å². The van der Waals surface area contributed by atoms with E-state index in [2.05, 4.69) is 25.1 Å². The van der Waals surface area contributed by atoms with Crippen molar-refractivity contribution in [3.05, 3.63) is 69.1 Å². The fourth-order valence-corrected chi connectivity index (χ4v) is 4.65. The molecular weight excluding hydrogens is 600 g/mol. The summed E-state index contributed by atoms with van der Waals surface area (Å²) in [5, 5.41) is 12.9. The topological polar surface area (TPSA) is 184 Å². The molecule has 1 aliphatic heterocycles. The van der Waals surface area contributed by atoms with Crippen LogP contribution < -0.4 is 19.9 Å². The molecular formula is C27H31ClN8O8. The number of carbonyl (C=O) groups is 2. The molecule has 0 bridgehead atoms. The zero-order valence-electron chi connectivity index (χ0n) is 24.1. The second kappa shape index (κ2) is 15.6. The lowest BCUT2D eigenvalue weighted by Crippen LogP contribution is -2.36. The number of rotatable bonds is 15. The first-order valence-corrected chi connectivity index (χ1v) is 13.9.